The van der Waals surface area contributed by atoms with Crippen molar-refractivity contribution in [2.24, 2.45) is 0 Å². The van der Waals surface area contributed by atoms with Crippen molar-refractivity contribution in [1.29, 1.82) is 5.26 Å². The van der Waals surface area contributed by atoms with Crippen molar-refractivity contribution in [3.05, 3.63) is 41.3 Å². The van der Waals surface area contributed by atoms with Crippen LogP contribution in [0.25, 0.3) is 19.8 Å². The number of hydrogen-bond acceptors (Lipinski definition) is 4. The van der Waals surface area contributed by atoms with Gasteiger partial charge in [-0.3, -0.25) is 0 Å². The van der Waals surface area contributed by atoms with Crippen LogP contribution in [0.2, 0.25) is 0 Å². The minimum Gasteiger partial charge on any atom is -0.397 e. The van der Waals surface area contributed by atoms with Crippen molar-refractivity contribution in [3.63, 3.8) is 0 Å². The summed E-state index contributed by atoms with van der Waals surface area (Å²) in [6.07, 6.45) is 0. The molecule has 1 aromatic carbocycles. The Balaban J connectivity index is 2.17. The molecule has 2 heterocycles. The van der Waals surface area contributed by atoms with Crippen molar-refractivity contribution < 1.29 is 0 Å². The second-order valence-electron chi connectivity index (χ2n) is 3.66. The van der Waals surface area contributed by atoms with E-state index in [4.69, 9.17) is 11.0 Å². The lowest BCUT2D eigenvalue weighted by molar-refractivity contribution is 1.52. The van der Waals surface area contributed by atoms with E-state index in [-0.39, 0.29) is 0 Å². The van der Waals surface area contributed by atoms with Crippen LogP contribution in [0, 0.1) is 11.3 Å². The van der Waals surface area contributed by atoms with Gasteiger partial charge in [0.15, 0.2) is 0 Å². The van der Waals surface area contributed by atoms with Gasteiger partial charge in [-0.1, -0.05) is 18.2 Å². The molecule has 4 heteroatoms. The maximum absolute atomic E-state index is 8.90. The Labute approximate surface area is 107 Å². The van der Waals surface area contributed by atoms with E-state index in [1.54, 1.807) is 11.3 Å². The van der Waals surface area contributed by atoms with E-state index in [9.17, 15) is 0 Å². The molecule has 2 N–H and O–H groups in total. The van der Waals surface area contributed by atoms with Gasteiger partial charge < -0.3 is 5.73 Å². The van der Waals surface area contributed by atoms with Crippen LogP contribution in [0.1, 0.15) is 4.88 Å². The summed E-state index contributed by atoms with van der Waals surface area (Å²) >= 11 is 3.18. The van der Waals surface area contributed by atoms with Crippen molar-refractivity contribution in [3.8, 4) is 15.8 Å². The number of nitriles is 1. The zero-order valence-corrected chi connectivity index (χ0v) is 10.4. The van der Waals surface area contributed by atoms with E-state index in [2.05, 4.69) is 24.3 Å². The Hall–Kier alpha value is -1.83. The van der Waals surface area contributed by atoms with Gasteiger partial charge in [-0.2, -0.15) is 5.26 Å². The van der Waals surface area contributed by atoms with E-state index < -0.39 is 0 Å². The predicted molar refractivity (Wildman–Crippen MR) is 74.3 cm³/mol. The smallest absolute Gasteiger partial charge is 0.128 e. The Kier molecular flexibility index (Phi) is 2.36. The third-order valence-corrected chi connectivity index (χ3v) is 4.90. The van der Waals surface area contributed by atoms with Gasteiger partial charge in [-0.05, 0) is 23.6 Å². The molecule has 17 heavy (non-hydrogen) atoms. The van der Waals surface area contributed by atoms with Gasteiger partial charge in [0.1, 0.15) is 10.9 Å². The average molecular weight is 256 g/mol. The summed E-state index contributed by atoms with van der Waals surface area (Å²) in [5.41, 5.74) is 6.35. The number of fused-ring (bicyclic) bond motifs is 1. The molecule has 2 nitrogen and oxygen atoms in total. The number of nitrogens with zero attached hydrogens (tertiary/aromatic N) is 1. The molecule has 0 aliphatic carbocycles. The van der Waals surface area contributed by atoms with Crippen molar-refractivity contribution in [2.45, 2.75) is 0 Å². The molecule has 0 aliphatic heterocycles. The summed E-state index contributed by atoms with van der Waals surface area (Å²) < 4.78 is 1.26. The number of benzene rings is 1. The Morgan fingerprint density at radius 2 is 1.82 bits per heavy atom. The van der Waals surface area contributed by atoms with Crippen LogP contribution < -0.4 is 5.73 Å². The van der Waals surface area contributed by atoms with Crippen LogP contribution in [0.3, 0.4) is 0 Å². The fourth-order valence-electron chi connectivity index (χ4n) is 1.72. The highest BCUT2D eigenvalue weighted by molar-refractivity contribution is 7.26. The standard InChI is InChI=1S/C13H8N2S2/c14-7-13-9(15)6-12(17-13)11-5-8-3-1-2-4-10(8)16-11/h1-6H,15H2. The van der Waals surface area contributed by atoms with E-state index in [1.807, 2.05) is 18.2 Å². The van der Waals surface area contributed by atoms with Crippen LogP contribution in [-0.4, -0.2) is 0 Å². The van der Waals surface area contributed by atoms with E-state index in [0.29, 0.717) is 10.6 Å². The summed E-state index contributed by atoms with van der Waals surface area (Å²) in [7, 11) is 0. The predicted octanol–water partition coefficient (Wildman–Crippen LogP) is 4.08. The molecule has 0 unspecified atom stereocenters. The molecule has 3 aromatic rings. The molecule has 0 aliphatic rings. The molecule has 0 saturated heterocycles. The summed E-state index contributed by atoms with van der Waals surface area (Å²) in [6.45, 7) is 0. The summed E-state index contributed by atoms with van der Waals surface area (Å²) in [6, 6.07) is 14.4. The Morgan fingerprint density at radius 3 is 2.53 bits per heavy atom. The van der Waals surface area contributed by atoms with Gasteiger partial charge in [0.25, 0.3) is 0 Å². The Bertz CT molecular complexity index is 698. The fourth-order valence-corrected chi connectivity index (χ4v) is 3.73. The average Bonchev–Trinajstić information content (AvgIpc) is 2.91. The lowest BCUT2D eigenvalue weighted by Crippen LogP contribution is -1.81. The van der Waals surface area contributed by atoms with Gasteiger partial charge in [0.05, 0.1) is 5.69 Å². The number of thiophene rings is 2. The second kappa shape index (κ2) is 3.88. The van der Waals surface area contributed by atoms with Crippen LogP contribution in [-0.2, 0) is 0 Å². The minimum absolute atomic E-state index is 0.574. The zero-order valence-electron chi connectivity index (χ0n) is 8.81. The molecule has 0 amide bonds. The number of rotatable bonds is 1. The monoisotopic (exact) mass is 256 g/mol. The fraction of sp³-hybridized carbons (Fsp3) is 0. The molecule has 0 bridgehead atoms. The third-order valence-electron chi connectivity index (χ3n) is 2.53. The third kappa shape index (κ3) is 1.70. The zero-order chi connectivity index (χ0) is 11.8. The summed E-state index contributed by atoms with van der Waals surface area (Å²) in [5.74, 6) is 0. The van der Waals surface area contributed by atoms with E-state index in [0.717, 1.165) is 4.88 Å². The van der Waals surface area contributed by atoms with Gasteiger partial charge in [0.2, 0.25) is 0 Å². The first-order chi connectivity index (χ1) is 8.28. The molecule has 2 aromatic heterocycles. The quantitative estimate of drug-likeness (QED) is 0.713. The van der Waals surface area contributed by atoms with Gasteiger partial charge in [-0.15, -0.1) is 22.7 Å². The van der Waals surface area contributed by atoms with E-state index >= 15 is 0 Å². The number of hydrogen-bond donors (Lipinski definition) is 1. The van der Waals surface area contributed by atoms with Crippen LogP contribution in [0.15, 0.2) is 36.4 Å². The molecule has 3 rings (SSSR count). The second-order valence-corrected chi connectivity index (χ2v) is 5.79. The van der Waals surface area contributed by atoms with Crippen molar-refractivity contribution >= 4 is 38.4 Å². The molecule has 0 spiro atoms. The van der Waals surface area contributed by atoms with Gasteiger partial charge in [-0.25, -0.2) is 0 Å². The maximum Gasteiger partial charge on any atom is 0.128 e. The molecule has 82 valence electrons. The lowest BCUT2D eigenvalue weighted by atomic mass is 10.2. The largest absolute Gasteiger partial charge is 0.397 e. The molecular weight excluding hydrogens is 248 g/mol. The molecule has 0 atom stereocenters. The maximum atomic E-state index is 8.90. The normalized spacial score (nSPS) is 10.5. The van der Waals surface area contributed by atoms with Crippen LogP contribution in [0.4, 0.5) is 5.69 Å². The van der Waals surface area contributed by atoms with Crippen LogP contribution >= 0.6 is 22.7 Å². The first kappa shape index (κ1) is 10.3. The minimum atomic E-state index is 0.574. The first-order valence-electron chi connectivity index (χ1n) is 5.06. The lowest BCUT2D eigenvalue weighted by Gasteiger charge is -1.86. The van der Waals surface area contributed by atoms with Crippen LogP contribution in [0.5, 0.6) is 0 Å². The highest BCUT2D eigenvalue weighted by atomic mass is 32.1. The Morgan fingerprint density at radius 1 is 1.06 bits per heavy atom. The molecule has 0 fully saturated rings. The highest BCUT2D eigenvalue weighted by Gasteiger charge is 2.10. The van der Waals surface area contributed by atoms with Crippen molar-refractivity contribution in [1.82, 2.24) is 0 Å². The highest BCUT2D eigenvalue weighted by Crippen LogP contribution is 2.39. The summed E-state index contributed by atoms with van der Waals surface area (Å²) in [4.78, 5) is 2.84. The molecule has 0 saturated carbocycles. The number of anilines is 1. The van der Waals surface area contributed by atoms with E-state index in [1.165, 1.54) is 26.3 Å². The first-order valence-corrected chi connectivity index (χ1v) is 6.69. The number of nitrogens with two attached hydrogens (primary N) is 1. The number of nitrogen functional groups attached to an aromatic ring is 1. The topological polar surface area (TPSA) is 49.8 Å². The van der Waals surface area contributed by atoms with Crippen molar-refractivity contribution in [2.75, 3.05) is 5.73 Å². The molecular formula is C13H8N2S2. The SMILES string of the molecule is N#Cc1sc(-c2cc3ccccc3s2)cc1N. The molecule has 0 radical (unpaired) electrons. The van der Waals surface area contributed by atoms with Gasteiger partial charge >= 0.3 is 0 Å². The van der Waals surface area contributed by atoms with Gasteiger partial charge in [0, 0.05) is 14.5 Å². The summed E-state index contributed by atoms with van der Waals surface area (Å²) in [5, 5.41) is 10.1.